The molecule has 0 bridgehead atoms. The van der Waals surface area contributed by atoms with Gasteiger partial charge in [0.05, 0.1) is 44.6 Å². The summed E-state index contributed by atoms with van der Waals surface area (Å²) < 4.78 is 0. The molecule has 1 aliphatic rings. The summed E-state index contributed by atoms with van der Waals surface area (Å²) in [6.07, 6.45) is -6.91. The first-order valence-electron chi connectivity index (χ1n) is 31.4. The van der Waals surface area contributed by atoms with E-state index in [1.807, 2.05) is 16.0 Å². The van der Waals surface area contributed by atoms with Gasteiger partial charge in [-0.25, -0.2) is 0 Å². The Bertz CT molecular complexity index is 3040. The summed E-state index contributed by atoms with van der Waals surface area (Å²) >= 11 is 0. The number of aliphatic hydroxyl groups excluding tert-OH is 2. The van der Waals surface area contributed by atoms with Crippen LogP contribution in [0.2, 0.25) is 0 Å². The van der Waals surface area contributed by atoms with Gasteiger partial charge in [-0.1, -0.05) is 0 Å². The van der Waals surface area contributed by atoms with Crippen molar-refractivity contribution in [2.75, 3.05) is 39.3 Å². The van der Waals surface area contributed by atoms with Gasteiger partial charge < -0.3 is 134 Å². The first-order chi connectivity index (χ1) is 47.2. The van der Waals surface area contributed by atoms with E-state index in [1.54, 1.807) is 0 Å². The summed E-state index contributed by atoms with van der Waals surface area (Å²) in [7, 11) is 0. The van der Waals surface area contributed by atoms with Gasteiger partial charge in [-0.05, 0) is 85.1 Å². The summed E-state index contributed by atoms with van der Waals surface area (Å²) in [5.41, 5.74) is 32.8. The lowest BCUT2D eigenvalue weighted by molar-refractivity contribution is -0.144. The molecule has 0 unspecified atom stereocenters. The standard InChI is InChI=1S/C56H92N20O25/c1-24(44(90)65-22-42(88)89)67-54(100)43(26(3)78)75-51(97)33(20-41(86)87)72-52(98)34(23-77)74-45(91)25(2)66-48(94)28(9-6-16-63-56(61)62)68-38(81)21-64-47(93)31(18-37(60)80)73-53(99)35-10-7-17-76(35)55(101)30(12-14-39(82)83)70-50(96)32(19-40(84)85)71-49(95)29(8-4-5-15-57)69-46(92)27(58)11-13-36(59)79/h24-35,43,77-78H,4-23,57-58H2,1-3H3,(H2,59,79)(H2,60,80)(H,64,93)(H,65,90)(H,66,94)(H,67,100)(H,68,81)(H,69,92)(H,70,96)(H,71,95)(H,72,98)(H,73,99)(H,74,91)(H,75,97)(H,82,83)(H,84,85)(H,86,87)(H,88,89)(H4,61,62,63)/t24-,25-,26+,27-,28-,29-,30-,31-,32-,33-,34-,35-,43-/m0/s1. The van der Waals surface area contributed by atoms with Crippen molar-refractivity contribution in [3.8, 4) is 0 Å². The van der Waals surface area contributed by atoms with Crippen LogP contribution in [0, 0.1) is 0 Å². The van der Waals surface area contributed by atoms with Gasteiger partial charge in [0.15, 0.2) is 5.96 Å². The molecule has 45 nitrogen and oxygen atoms in total. The van der Waals surface area contributed by atoms with Crippen molar-refractivity contribution < 1.29 is 122 Å². The first kappa shape index (κ1) is 88.1. The smallest absolute Gasteiger partial charge is 0.322 e. The minimum atomic E-state index is -2.08. The molecule has 101 heavy (non-hydrogen) atoms. The highest BCUT2D eigenvalue weighted by Gasteiger charge is 2.41. The van der Waals surface area contributed by atoms with Crippen LogP contribution in [-0.4, -0.2) is 272 Å². The summed E-state index contributed by atoms with van der Waals surface area (Å²) in [5.74, 6) is -23.8. The fourth-order valence-electron chi connectivity index (χ4n) is 9.28. The number of likely N-dealkylation sites (tertiary alicyclic amines) is 1. The van der Waals surface area contributed by atoms with E-state index in [0.717, 1.165) is 25.7 Å². The van der Waals surface area contributed by atoms with Crippen LogP contribution < -0.4 is 98.2 Å². The summed E-state index contributed by atoms with van der Waals surface area (Å²) in [6, 6.07) is -20.7. The Labute approximate surface area is 575 Å². The van der Waals surface area contributed by atoms with Gasteiger partial charge in [0, 0.05) is 25.9 Å². The van der Waals surface area contributed by atoms with E-state index in [9.17, 15) is 117 Å². The van der Waals surface area contributed by atoms with Crippen LogP contribution >= 0.6 is 0 Å². The number of aliphatic imine (C=N–C) groups is 1. The minimum absolute atomic E-state index is 0.0452. The predicted octanol–water partition coefficient (Wildman–Crippen LogP) is -13.0. The van der Waals surface area contributed by atoms with Crippen molar-refractivity contribution in [2.24, 2.45) is 39.4 Å². The molecule has 0 aromatic heterocycles. The Morgan fingerprint density at radius 1 is 0.475 bits per heavy atom. The second-order valence-corrected chi connectivity index (χ2v) is 23.0. The van der Waals surface area contributed by atoms with Crippen LogP contribution in [0.25, 0.3) is 0 Å². The number of carboxylic acids is 4. The van der Waals surface area contributed by atoms with Crippen molar-refractivity contribution in [1.29, 1.82) is 0 Å². The molecule has 45 heteroatoms. The van der Waals surface area contributed by atoms with Gasteiger partial charge in [-0.2, -0.15) is 0 Å². The van der Waals surface area contributed by atoms with Gasteiger partial charge in [0.2, 0.25) is 88.6 Å². The van der Waals surface area contributed by atoms with Gasteiger partial charge in [0.25, 0.3) is 0 Å². The number of carbonyl (C=O) groups excluding carboxylic acids is 15. The van der Waals surface area contributed by atoms with E-state index < -0.39 is 243 Å². The third kappa shape index (κ3) is 33.9. The average molecular weight is 1450 g/mol. The zero-order valence-electron chi connectivity index (χ0n) is 55.4. The number of guanidine groups is 1. The molecule has 0 radical (unpaired) electrons. The average Bonchev–Trinajstić information content (AvgIpc) is 1.75. The number of nitrogens with one attached hydrogen (secondary N) is 12. The topological polar surface area (TPSA) is 762 Å². The molecule has 1 aliphatic heterocycles. The summed E-state index contributed by atoms with van der Waals surface area (Å²) in [5, 5.41) is 84.0. The van der Waals surface area contributed by atoms with Crippen LogP contribution in [0.3, 0.4) is 0 Å². The maximum Gasteiger partial charge on any atom is 0.322 e. The maximum absolute atomic E-state index is 14.3. The number of carboxylic acid groups (broad SMARTS) is 4. The number of unbranched alkanes of at least 4 members (excludes halogenated alkanes) is 1. The normalized spacial score (nSPS) is 15.9. The lowest BCUT2D eigenvalue weighted by Gasteiger charge is -2.30. The van der Waals surface area contributed by atoms with E-state index in [0.29, 0.717) is 6.42 Å². The number of hydrogen-bond donors (Lipinski definition) is 24. The van der Waals surface area contributed by atoms with Gasteiger partial charge in [-0.3, -0.25) is 96.1 Å². The van der Waals surface area contributed by atoms with Crippen LogP contribution in [0.4, 0.5) is 0 Å². The van der Waals surface area contributed by atoms with Crippen LogP contribution in [0.1, 0.15) is 111 Å². The quantitative estimate of drug-likeness (QED) is 0.0153. The molecule has 0 spiro atoms. The zero-order chi connectivity index (χ0) is 77.0. The van der Waals surface area contributed by atoms with Crippen LogP contribution in [-0.2, 0) is 91.1 Å². The van der Waals surface area contributed by atoms with E-state index in [-0.39, 0.29) is 77.0 Å². The highest BCUT2D eigenvalue weighted by Crippen LogP contribution is 2.21. The Hall–Kier alpha value is -11.0. The number of primary amides is 2. The lowest BCUT2D eigenvalue weighted by atomic mass is 10.0. The molecule has 30 N–H and O–H groups in total. The zero-order valence-corrected chi connectivity index (χ0v) is 55.4. The third-order valence-electron chi connectivity index (χ3n) is 14.6. The Morgan fingerprint density at radius 2 is 0.970 bits per heavy atom. The Morgan fingerprint density at radius 3 is 1.50 bits per heavy atom. The third-order valence-corrected chi connectivity index (χ3v) is 14.6. The lowest BCUT2D eigenvalue weighted by Crippen LogP contribution is -2.61. The molecule has 0 saturated carbocycles. The summed E-state index contributed by atoms with van der Waals surface area (Å²) in [4.78, 5) is 249. The molecule has 0 aromatic carbocycles. The number of aliphatic carboxylic acids is 4. The van der Waals surface area contributed by atoms with Gasteiger partial charge in [0.1, 0.15) is 73.0 Å². The van der Waals surface area contributed by atoms with Gasteiger partial charge >= 0.3 is 23.9 Å². The van der Waals surface area contributed by atoms with Crippen molar-refractivity contribution in [2.45, 2.75) is 189 Å². The molecule has 1 fully saturated rings. The van der Waals surface area contributed by atoms with Gasteiger partial charge in [-0.15, -0.1) is 0 Å². The van der Waals surface area contributed by atoms with Crippen LogP contribution in [0.15, 0.2) is 4.99 Å². The Balaban J connectivity index is 3.34. The summed E-state index contributed by atoms with van der Waals surface area (Å²) in [6.45, 7) is -0.0668. The number of carbonyl (C=O) groups is 19. The minimum Gasteiger partial charge on any atom is -0.481 e. The molecule has 0 aliphatic carbocycles. The van der Waals surface area contributed by atoms with Crippen LogP contribution in [0.5, 0.6) is 0 Å². The van der Waals surface area contributed by atoms with E-state index >= 15 is 0 Å². The number of hydrogen-bond acceptors (Lipinski definition) is 24. The molecule has 15 amide bonds. The molecule has 0 aromatic rings. The molecule has 1 heterocycles. The van der Waals surface area contributed by atoms with Crippen molar-refractivity contribution in [3.05, 3.63) is 0 Å². The number of amides is 15. The highest BCUT2D eigenvalue weighted by molar-refractivity contribution is 6.01. The monoisotopic (exact) mass is 1440 g/mol. The van der Waals surface area contributed by atoms with E-state index in [4.69, 9.17) is 39.5 Å². The largest absolute Gasteiger partial charge is 0.481 e. The van der Waals surface area contributed by atoms with E-state index in [1.165, 1.54) is 0 Å². The first-order valence-corrected chi connectivity index (χ1v) is 31.4. The number of aliphatic hydroxyl groups is 2. The molecule has 1 rings (SSSR count). The second kappa shape index (κ2) is 44.9. The van der Waals surface area contributed by atoms with Crippen molar-refractivity contribution in [1.82, 2.24) is 68.7 Å². The predicted molar refractivity (Wildman–Crippen MR) is 342 cm³/mol. The molecule has 13 atom stereocenters. The fourth-order valence-corrected chi connectivity index (χ4v) is 9.28. The molecule has 566 valence electrons. The molecular formula is C56H92N20O25. The van der Waals surface area contributed by atoms with E-state index in [2.05, 4.69) is 52.8 Å². The van der Waals surface area contributed by atoms with Crippen molar-refractivity contribution in [3.63, 3.8) is 0 Å². The second-order valence-electron chi connectivity index (χ2n) is 23.0. The SMILES string of the molecule is C[C@H](NC(=O)[C@H](CCCN=C(N)N)NC(=O)CNC(=O)[C@H](CC(N)=O)NC(=O)[C@@H]1CCCN1C(=O)[C@H](CCC(=O)O)NC(=O)[C@H](CC(=O)O)NC(=O)[C@H](CCCCN)NC(=O)[C@@H](N)CCC(N)=O)C(=O)N[C@@H](CO)C(=O)N[C@@H](CC(=O)O)C(=O)N[C@H](C(=O)N[C@@H](C)C(=O)NCC(=O)O)[C@@H](C)O. The highest BCUT2D eigenvalue weighted by atomic mass is 16.4. The number of nitrogens with zero attached hydrogens (tertiary/aromatic N) is 2. The maximum atomic E-state index is 14.3. The molecule has 1 saturated heterocycles. The Kier molecular flexibility index (Phi) is 39.1. The number of rotatable bonds is 48. The fraction of sp³-hybridized carbons (Fsp3) is 0.643. The number of nitrogens with two attached hydrogens (primary N) is 6. The van der Waals surface area contributed by atoms with Crippen molar-refractivity contribution >= 4 is 118 Å². The molecular weight excluding hydrogens is 1350 g/mol.